The maximum Gasteiger partial charge on any atom is 0.256 e. The van der Waals surface area contributed by atoms with Crippen LogP contribution in [0.25, 0.3) is 10.9 Å². The number of hydrogen-bond donors (Lipinski definition) is 0. The smallest absolute Gasteiger partial charge is 0.256 e. The van der Waals surface area contributed by atoms with E-state index in [1.54, 1.807) is 6.20 Å². The van der Waals surface area contributed by atoms with Crippen molar-refractivity contribution in [2.75, 3.05) is 33.0 Å². The van der Waals surface area contributed by atoms with E-state index < -0.39 is 0 Å². The number of pyridine rings is 1. The van der Waals surface area contributed by atoms with Gasteiger partial charge in [-0.05, 0) is 18.6 Å². The maximum atomic E-state index is 13.0. The van der Waals surface area contributed by atoms with Crippen molar-refractivity contribution >= 4 is 16.8 Å². The molecule has 2 fully saturated rings. The topological polar surface area (TPSA) is 51.7 Å². The van der Waals surface area contributed by atoms with Gasteiger partial charge in [-0.25, -0.2) is 0 Å². The summed E-state index contributed by atoms with van der Waals surface area (Å²) in [6.45, 7) is 2.98. The molecule has 0 bridgehead atoms. The van der Waals surface area contributed by atoms with E-state index in [1.165, 1.54) is 0 Å². The number of morpholine rings is 1. The van der Waals surface area contributed by atoms with Crippen molar-refractivity contribution in [3.8, 4) is 0 Å². The Morgan fingerprint density at radius 2 is 2.00 bits per heavy atom. The van der Waals surface area contributed by atoms with Crippen LogP contribution in [0.5, 0.6) is 0 Å². The molecule has 2 aliphatic heterocycles. The molecule has 0 aliphatic carbocycles. The van der Waals surface area contributed by atoms with Crippen molar-refractivity contribution in [1.29, 1.82) is 0 Å². The number of benzene rings is 1. The number of fused-ring (bicyclic) bond motifs is 1. The minimum Gasteiger partial charge on any atom is -0.379 e. The van der Waals surface area contributed by atoms with E-state index in [9.17, 15) is 4.79 Å². The van der Waals surface area contributed by atoms with Crippen LogP contribution in [0.4, 0.5) is 0 Å². The first-order valence-corrected chi connectivity index (χ1v) is 7.61. The van der Waals surface area contributed by atoms with Gasteiger partial charge in [0.15, 0.2) is 0 Å². The normalized spacial score (nSPS) is 25.0. The molecule has 0 N–H and O–H groups in total. The highest BCUT2D eigenvalue weighted by molar-refractivity contribution is 5.97. The van der Waals surface area contributed by atoms with Gasteiger partial charge < -0.3 is 14.4 Å². The van der Waals surface area contributed by atoms with E-state index in [1.807, 2.05) is 35.2 Å². The quantitative estimate of drug-likeness (QED) is 0.806. The van der Waals surface area contributed by atoms with Crippen LogP contribution in [-0.4, -0.2) is 54.3 Å². The third-order valence-electron chi connectivity index (χ3n) is 4.57. The van der Waals surface area contributed by atoms with E-state index in [0.29, 0.717) is 38.5 Å². The number of hydrogen-bond acceptors (Lipinski definition) is 4. The van der Waals surface area contributed by atoms with Crippen molar-refractivity contribution in [2.24, 2.45) is 0 Å². The molecule has 4 rings (SSSR count). The summed E-state index contributed by atoms with van der Waals surface area (Å²) >= 11 is 0. The summed E-state index contributed by atoms with van der Waals surface area (Å²) in [6, 6.07) is 9.75. The molecule has 5 heteroatoms. The fourth-order valence-electron chi connectivity index (χ4n) is 3.32. The van der Waals surface area contributed by atoms with Gasteiger partial charge >= 0.3 is 0 Å². The van der Waals surface area contributed by atoms with Crippen LogP contribution in [0, 0.1) is 0 Å². The predicted octanol–water partition coefficient (Wildman–Crippen LogP) is 1.87. The van der Waals surface area contributed by atoms with Crippen molar-refractivity contribution in [3.05, 3.63) is 42.1 Å². The summed E-state index contributed by atoms with van der Waals surface area (Å²) in [7, 11) is 0. The fraction of sp³-hybridized carbons (Fsp3) is 0.412. The van der Waals surface area contributed by atoms with Gasteiger partial charge in [0.05, 0.1) is 36.4 Å². The lowest BCUT2D eigenvalue weighted by atomic mass is 9.95. The van der Waals surface area contributed by atoms with Gasteiger partial charge in [0.2, 0.25) is 0 Å². The van der Waals surface area contributed by atoms with Gasteiger partial charge in [-0.15, -0.1) is 0 Å². The Balaban J connectivity index is 1.69. The van der Waals surface area contributed by atoms with Gasteiger partial charge in [-0.3, -0.25) is 9.78 Å². The molecule has 114 valence electrons. The molecule has 1 aromatic carbocycles. The average molecular weight is 298 g/mol. The predicted molar refractivity (Wildman–Crippen MR) is 81.8 cm³/mol. The van der Waals surface area contributed by atoms with Crippen LogP contribution in [0.15, 0.2) is 36.5 Å². The lowest BCUT2D eigenvalue weighted by molar-refractivity contribution is -0.0551. The zero-order valence-electron chi connectivity index (χ0n) is 12.3. The molecule has 2 saturated heterocycles. The number of amides is 1. The Hall–Kier alpha value is -1.98. The zero-order chi connectivity index (χ0) is 15.0. The highest BCUT2D eigenvalue weighted by Crippen LogP contribution is 2.31. The van der Waals surface area contributed by atoms with Crippen LogP contribution in [-0.2, 0) is 9.47 Å². The van der Waals surface area contributed by atoms with Gasteiger partial charge in [0, 0.05) is 24.7 Å². The van der Waals surface area contributed by atoms with E-state index in [0.717, 1.165) is 17.3 Å². The third kappa shape index (κ3) is 2.17. The summed E-state index contributed by atoms with van der Waals surface area (Å²) in [5.41, 5.74) is 1.23. The molecule has 1 amide bonds. The number of para-hydroxylation sites is 1. The SMILES string of the molecule is O=C(c1cnc2ccccc2c1)N1CCOCC12CCOC2. The summed E-state index contributed by atoms with van der Waals surface area (Å²) in [4.78, 5) is 19.3. The minimum absolute atomic E-state index is 0.0204. The van der Waals surface area contributed by atoms with E-state index >= 15 is 0 Å². The lowest BCUT2D eigenvalue weighted by Gasteiger charge is -2.43. The van der Waals surface area contributed by atoms with Crippen LogP contribution in [0.2, 0.25) is 0 Å². The number of carbonyl (C=O) groups excluding carboxylic acids is 1. The fourth-order valence-corrected chi connectivity index (χ4v) is 3.32. The Kier molecular flexibility index (Phi) is 3.32. The molecule has 1 spiro atoms. The second-order valence-electron chi connectivity index (χ2n) is 5.95. The van der Waals surface area contributed by atoms with Crippen molar-refractivity contribution < 1.29 is 14.3 Å². The Bertz CT molecular complexity index is 710. The number of aromatic nitrogens is 1. The zero-order valence-corrected chi connectivity index (χ0v) is 12.3. The van der Waals surface area contributed by atoms with Gasteiger partial charge in [0.25, 0.3) is 5.91 Å². The molecular formula is C17H18N2O3. The second-order valence-corrected chi connectivity index (χ2v) is 5.95. The molecule has 1 aromatic heterocycles. The largest absolute Gasteiger partial charge is 0.379 e. The molecule has 0 radical (unpaired) electrons. The molecule has 5 nitrogen and oxygen atoms in total. The molecule has 3 heterocycles. The summed E-state index contributed by atoms with van der Waals surface area (Å²) < 4.78 is 11.1. The second kappa shape index (κ2) is 5.34. The lowest BCUT2D eigenvalue weighted by Crippen LogP contribution is -2.59. The van der Waals surface area contributed by atoms with E-state index in [4.69, 9.17) is 9.47 Å². The first-order chi connectivity index (χ1) is 10.8. The van der Waals surface area contributed by atoms with Crippen LogP contribution in [0.3, 0.4) is 0 Å². The molecule has 22 heavy (non-hydrogen) atoms. The Labute approximate surface area is 128 Å². The highest BCUT2D eigenvalue weighted by atomic mass is 16.5. The summed E-state index contributed by atoms with van der Waals surface area (Å²) in [5.74, 6) is 0.0204. The first kappa shape index (κ1) is 13.7. The Morgan fingerprint density at radius 3 is 2.86 bits per heavy atom. The van der Waals surface area contributed by atoms with Gasteiger partial charge in [-0.1, -0.05) is 18.2 Å². The average Bonchev–Trinajstić information content (AvgIpc) is 3.03. The number of nitrogens with zero attached hydrogens (tertiary/aromatic N) is 2. The molecule has 2 aromatic rings. The summed E-state index contributed by atoms with van der Waals surface area (Å²) in [6.07, 6.45) is 2.50. The van der Waals surface area contributed by atoms with Crippen molar-refractivity contribution in [2.45, 2.75) is 12.0 Å². The molecule has 1 atom stereocenters. The maximum absolute atomic E-state index is 13.0. The number of ether oxygens (including phenoxy) is 2. The van der Waals surface area contributed by atoms with Crippen LogP contribution in [0.1, 0.15) is 16.8 Å². The third-order valence-corrected chi connectivity index (χ3v) is 4.57. The Morgan fingerprint density at radius 1 is 1.18 bits per heavy atom. The van der Waals surface area contributed by atoms with E-state index in [2.05, 4.69) is 4.98 Å². The molecule has 2 aliphatic rings. The van der Waals surface area contributed by atoms with Crippen LogP contribution < -0.4 is 0 Å². The van der Waals surface area contributed by atoms with Crippen molar-refractivity contribution in [3.63, 3.8) is 0 Å². The first-order valence-electron chi connectivity index (χ1n) is 7.61. The van der Waals surface area contributed by atoms with E-state index in [-0.39, 0.29) is 11.4 Å². The monoisotopic (exact) mass is 298 g/mol. The summed E-state index contributed by atoms with van der Waals surface area (Å²) in [5, 5.41) is 0.985. The minimum atomic E-state index is -0.305. The highest BCUT2D eigenvalue weighted by Gasteiger charge is 2.45. The van der Waals surface area contributed by atoms with Crippen LogP contribution >= 0.6 is 0 Å². The standard InChI is InChI=1S/C17H18N2O3/c20-16(14-9-13-3-1-2-4-15(13)18-10-14)19-6-8-22-12-17(19)5-7-21-11-17/h1-4,9-10H,5-8,11-12H2. The molecule has 1 unspecified atom stereocenters. The number of rotatable bonds is 1. The van der Waals surface area contributed by atoms with Gasteiger partial charge in [0.1, 0.15) is 0 Å². The van der Waals surface area contributed by atoms with Crippen molar-refractivity contribution in [1.82, 2.24) is 9.88 Å². The molecular weight excluding hydrogens is 280 g/mol. The number of carbonyl (C=O) groups is 1. The molecule has 0 saturated carbocycles. The van der Waals surface area contributed by atoms with Gasteiger partial charge in [-0.2, -0.15) is 0 Å².